The number of benzene rings is 2. The second kappa shape index (κ2) is 9.67. The first kappa shape index (κ1) is 25.4. The predicted molar refractivity (Wildman–Crippen MR) is 144 cm³/mol. The molecule has 39 heavy (non-hydrogen) atoms. The van der Waals surface area contributed by atoms with Crippen molar-refractivity contribution in [1.82, 2.24) is 24.8 Å². The number of piperazine rings is 1. The summed E-state index contributed by atoms with van der Waals surface area (Å²) in [5, 5.41) is 1.28. The van der Waals surface area contributed by atoms with Crippen LogP contribution in [-0.2, 0) is 18.7 Å². The van der Waals surface area contributed by atoms with Gasteiger partial charge in [0.2, 0.25) is 5.95 Å². The van der Waals surface area contributed by atoms with Gasteiger partial charge in [-0.2, -0.15) is 0 Å². The molecule has 2 aromatic carbocycles. The van der Waals surface area contributed by atoms with Crippen molar-refractivity contribution in [2.24, 2.45) is 0 Å². The molecule has 0 saturated carbocycles. The standard InChI is InChI=1S/C26H25N6O6P/c1-30-10-12-31(13-11-30)26-28-20-9-5-3-7-17(20)23(29-26)22-21(18-14-27-19-8-4-2-6-16(18)19)24(33)32(25(22)34)15-38-39(35,36)37/h2-9,14,27H,10-13,15H2,1H3,(H2,35,36,37). The third kappa shape index (κ3) is 4.62. The predicted octanol–water partition coefficient (Wildman–Crippen LogP) is 2.21. The van der Waals surface area contributed by atoms with E-state index in [1.54, 1.807) is 18.3 Å². The maximum Gasteiger partial charge on any atom is 0.471 e. The Bertz CT molecular complexity index is 1700. The lowest BCUT2D eigenvalue weighted by atomic mass is 9.97. The van der Waals surface area contributed by atoms with Gasteiger partial charge in [-0.05, 0) is 19.2 Å². The van der Waals surface area contributed by atoms with Crippen molar-refractivity contribution in [1.29, 1.82) is 0 Å². The van der Waals surface area contributed by atoms with Gasteiger partial charge in [0.05, 0.1) is 22.4 Å². The number of carbonyl (C=O) groups excluding carboxylic acids is 2. The fourth-order valence-corrected chi connectivity index (χ4v) is 5.24. The largest absolute Gasteiger partial charge is 0.471 e. The highest BCUT2D eigenvalue weighted by atomic mass is 31.2. The lowest BCUT2D eigenvalue weighted by Crippen LogP contribution is -2.45. The molecular weight excluding hydrogens is 523 g/mol. The highest BCUT2D eigenvalue weighted by Crippen LogP contribution is 2.42. The number of nitrogens with zero attached hydrogens (tertiary/aromatic N) is 5. The van der Waals surface area contributed by atoms with E-state index in [2.05, 4.69) is 14.4 Å². The van der Waals surface area contributed by atoms with Crippen LogP contribution >= 0.6 is 7.82 Å². The number of para-hydroxylation sites is 2. The molecule has 200 valence electrons. The molecule has 13 heteroatoms. The van der Waals surface area contributed by atoms with Crippen LogP contribution in [0.5, 0.6) is 0 Å². The summed E-state index contributed by atoms with van der Waals surface area (Å²) in [6.07, 6.45) is 1.64. The van der Waals surface area contributed by atoms with Crippen molar-refractivity contribution in [3.63, 3.8) is 0 Å². The Balaban J connectivity index is 1.58. The normalized spacial score (nSPS) is 17.3. The molecule has 4 heterocycles. The van der Waals surface area contributed by atoms with Gasteiger partial charge in [-0.1, -0.05) is 36.4 Å². The van der Waals surface area contributed by atoms with Crippen LogP contribution < -0.4 is 4.90 Å². The Morgan fingerprint density at radius 3 is 2.33 bits per heavy atom. The van der Waals surface area contributed by atoms with Crippen LogP contribution in [0, 0.1) is 0 Å². The third-order valence-electron chi connectivity index (χ3n) is 7.00. The minimum absolute atomic E-state index is 0.0213. The van der Waals surface area contributed by atoms with Gasteiger partial charge in [0, 0.05) is 54.2 Å². The molecule has 2 aromatic heterocycles. The lowest BCUT2D eigenvalue weighted by molar-refractivity contribution is -0.139. The van der Waals surface area contributed by atoms with Crippen molar-refractivity contribution < 1.29 is 28.5 Å². The molecule has 0 unspecified atom stereocenters. The van der Waals surface area contributed by atoms with Gasteiger partial charge in [0.25, 0.3) is 11.8 Å². The monoisotopic (exact) mass is 548 g/mol. The molecule has 0 radical (unpaired) electrons. The zero-order chi connectivity index (χ0) is 27.3. The number of aromatic amines is 1. The van der Waals surface area contributed by atoms with Gasteiger partial charge >= 0.3 is 7.82 Å². The number of rotatable bonds is 6. The van der Waals surface area contributed by atoms with E-state index in [0.717, 1.165) is 18.6 Å². The molecule has 1 fully saturated rings. The van der Waals surface area contributed by atoms with Crippen LogP contribution in [-0.4, -0.2) is 86.3 Å². The SMILES string of the molecule is CN1CCN(c2nc(C3=C(c4c[nH]c5ccccc45)C(=O)N(COP(=O)(O)O)C3=O)c3ccccc3n2)CC1. The first-order valence-corrected chi connectivity index (χ1v) is 13.8. The Morgan fingerprint density at radius 2 is 1.59 bits per heavy atom. The minimum Gasteiger partial charge on any atom is -0.361 e. The van der Waals surface area contributed by atoms with Crippen molar-refractivity contribution in [2.75, 3.05) is 44.9 Å². The van der Waals surface area contributed by atoms with Crippen LogP contribution in [0.1, 0.15) is 11.3 Å². The van der Waals surface area contributed by atoms with E-state index < -0.39 is 26.4 Å². The molecule has 6 rings (SSSR count). The van der Waals surface area contributed by atoms with Gasteiger partial charge in [-0.15, -0.1) is 0 Å². The maximum absolute atomic E-state index is 13.9. The molecule has 2 aliphatic heterocycles. The van der Waals surface area contributed by atoms with Crippen LogP contribution in [0.2, 0.25) is 0 Å². The molecule has 0 aliphatic carbocycles. The van der Waals surface area contributed by atoms with E-state index >= 15 is 0 Å². The molecular formula is C26H25N6O6P. The summed E-state index contributed by atoms with van der Waals surface area (Å²) in [6, 6.07) is 14.6. The van der Waals surface area contributed by atoms with Crippen LogP contribution in [0.15, 0.2) is 54.7 Å². The quantitative estimate of drug-likeness (QED) is 0.242. The maximum atomic E-state index is 13.9. The van der Waals surface area contributed by atoms with E-state index in [1.807, 2.05) is 48.3 Å². The van der Waals surface area contributed by atoms with Gasteiger partial charge in [0.1, 0.15) is 6.73 Å². The number of hydrogen-bond donors (Lipinski definition) is 3. The number of likely N-dealkylation sites (N-methyl/N-ethyl adjacent to an activating group) is 1. The van der Waals surface area contributed by atoms with Crippen molar-refractivity contribution >= 4 is 58.5 Å². The van der Waals surface area contributed by atoms with E-state index in [0.29, 0.717) is 45.8 Å². The van der Waals surface area contributed by atoms with Gasteiger partial charge in [0.15, 0.2) is 0 Å². The van der Waals surface area contributed by atoms with E-state index in [4.69, 9.17) is 9.97 Å². The van der Waals surface area contributed by atoms with Crippen molar-refractivity contribution in [3.8, 4) is 0 Å². The summed E-state index contributed by atoms with van der Waals surface area (Å²) in [4.78, 5) is 63.8. The van der Waals surface area contributed by atoms with E-state index in [-0.39, 0.29) is 16.8 Å². The van der Waals surface area contributed by atoms with Crippen molar-refractivity contribution in [3.05, 3.63) is 66.0 Å². The molecule has 3 N–H and O–H groups in total. The van der Waals surface area contributed by atoms with E-state index in [1.165, 1.54) is 0 Å². The third-order valence-corrected chi connectivity index (χ3v) is 7.45. The number of hydrogen-bond acceptors (Lipinski definition) is 8. The number of H-pyrrole nitrogens is 1. The zero-order valence-electron chi connectivity index (χ0n) is 20.9. The smallest absolute Gasteiger partial charge is 0.361 e. The number of anilines is 1. The average Bonchev–Trinajstić information content (AvgIpc) is 3.44. The number of nitrogens with one attached hydrogen (secondary N) is 1. The summed E-state index contributed by atoms with van der Waals surface area (Å²) < 4.78 is 16.0. The molecule has 0 bridgehead atoms. The van der Waals surface area contributed by atoms with Gasteiger partial charge in [-0.3, -0.25) is 14.1 Å². The number of imide groups is 1. The Morgan fingerprint density at radius 1 is 0.923 bits per heavy atom. The van der Waals surface area contributed by atoms with Crippen molar-refractivity contribution in [2.45, 2.75) is 0 Å². The molecule has 0 atom stereocenters. The Hall–Kier alpha value is -3.93. The summed E-state index contributed by atoms with van der Waals surface area (Å²) in [7, 11) is -2.92. The van der Waals surface area contributed by atoms with Gasteiger partial charge < -0.3 is 24.6 Å². The summed E-state index contributed by atoms with van der Waals surface area (Å²) in [5.74, 6) is -1.06. The number of carbonyl (C=O) groups is 2. The average molecular weight is 548 g/mol. The lowest BCUT2D eigenvalue weighted by Gasteiger charge is -2.32. The Labute approximate surface area is 222 Å². The molecule has 0 spiro atoms. The summed E-state index contributed by atoms with van der Waals surface area (Å²) >= 11 is 0. The Kier molecular flexibility index (Phi) is 6.29. The topological polar surface area (TPSA) is 152 Å². The fraction of sp³-hybridized carbons (Fsp3) is 0.231. The van der Waals surface area contributed by atoms with E-state index in [9.17, 15) is 23.9 Å². The molecule has 1 saturated heterocycles. The summed E-state index contributed by atoms with van der Waals surface area (Å²) in [5.41, 5.74) is 2.20. The molecule has 2 aliphatic rings. The summed E-state index contributed by atoms with van der Waals surface area (Å²) in [6.45, 7) is 2.11. The van der Waals surface area contributed by atoms with Crippen LogP contribution in [0.3, 0.4) is 0 Å². The highest BCUT2D eigenvalue weighted by molar-refractivity contribution is 7.46. The first-order valence-electron chi connectivity index (χ1n) is 12.3. The molecule has 12 nitrogen and oxygen atoms in total. The second-order valence-electron chi connectivity index (χ2n) is 9.46. The fourth-order valence-electron chi connectivity index (χ4n) is 4.98. The number of fused-ring (bicyclic) bond motifs is 2. The second-order valence-corrected chi connectivity index (χ2v) is 10.7. The minimum atomic E-state index is -4.96. The first-order chi connectivity index (χ1) is 18.7. The number of phosphoric ester groups is 1. The zero-order valence-corrected chi connectivity index (χ0v) is 21.8. The van der Waals surface area contributed by atoms with Crippen LogP contribution in [0.4, 0.5) is 5.95 Å². The molecule has 4 aromatic rings. The van der Waals surface area contributed by atoms with Gasteiger partial charge in [-0.25, -0.2) is 19.4 Å². The number of amides is 2. The molecule has 2 amide bonds. The highest BCUT2D eigenvalue weighted by Gasteiger charge is 2.43. The number of aromatic nitrogens is 3. The van der Waals surface area contributed by atoms with Crippen LogP contribution in [0.25, 0.3) is 33.0 Å². The number of phosphoric acid groups is 1.